The molecule has 0 aromatic rings. The van der Waals surface area contributed by atoms with E-state index in [0.29, 0.717) is 5.57 Å². The molecule has 0 saturated carbocycles. The standard InChI is InChI=1S/C17H15NO/c1-19-17-11-10-15(12-17)8-6-14-4-2-3-5-16(13-18)9-7-14/h2-3,5-12H,4H2,1H3/b3-2-,9-7-,14-6-,15-8-,16-5+. The van der Waals surface area contributed by atoms with Crippen LogP contribution in [0.2, 0.25) is 0 Å². The van der Waals surface area contributed by atoms with Crippen LogP contribution < -0.4 is 0 Å². The van der Waals surface area contributed by atoms with Gasteiger partial charge in [-0.15, -0.1) is 0 Å². The molecule has 2 heteroatoms. The molecule has 94 valence electrons. The average Bonchev–Trinajstić information content (AvgIpc) is 2.86. The summed E-state index contributed by atoms with van der Waals surface area (Å²) in [5.41, 5.74) is 2.94. The Hall–Kier alpha value is -2.53. The first-order valence-corrected chi connectivity index (χ1v) is 6.11. The molecule has 2 aliphatic rings. The predicted octanol–water partition coefficient (Wildman–Crippen LogP) is 3.91. The number of ether oxygens (including phenoxy) is 1. The van der Waals surface area contributed by atoms with Crippen molar-refractivity contribution in [2.24, 2.45) is 0 Å². The van der Waals surface area contributed by atoms with Crippen LogP contribution in [-0.4, -0.2) is 7.11 Å². The molecule has 0 fully saturated rings. The Kier molecular flexibility index (Phi) is 4.36. The van der Waals surface area contributed by atoms with Crippen LogP contribution in [0, 0.1) is 11.3 Å². The summed E-state index contributed by atoms with van der Waals surface area (Å²) in [6.45, 7) is 0. The van der Waals surface area contributed by atoms with Gasteiger partial charge in [-0.25, -0.2) is 0 Å². The van der Waals surface area contributed by atoms with Crippen molar-refractivity contribution < 1.29 is 4.74 Å². The molecular formula is C17H15NO. The van der Waals surface area contributed by atoms with E-state index in [4.69, 9.17) is 10.00 Å². The molecule has 0 N–H and O–H groups in total. The first-order valence-electron chi connectivity index (χ1n) is 6.11. The first-order chi connectivity index (χ1) is 9.31. The predicted molar refractivity (Wildman–Crippen MR) is 77.0 cm³/mol. The van der Waals surface area contributed by atoms with Gasteiger partial charge in [0.1, 0.15) is 5.76 Å². The van der Waals surface area contributed by atoms with Crippen LogP contribution in [0.4, 0.5) is 0 Å². The van der Waals surface area contributed by atoms with Crippen LogP contribution in [0.3, 0.4) is 0 Å². The van der Waals surface area contributed by atoms with E-state index in [2.05, 4.69) is 12.1 Å². The second-order valence-electron chi connectivity index (χ2n) is 4.19. The van der Waals surface area contributed by atoms with E-state index in [0.717, 1.165) is 23.3 Å². The van der Waals surface area contributed by atoms with E-state index in [1.54, 1.807) is 7.11 Å². The number of nitrogens with zero attached hydrogens (tertiary/aromatic N) is 1. The van der Waals surface area contributed by atoms with E-state index in [1.807, 2.05) is 54.7 Å². The molecule has 0 unspecified atom stereocenters. The van der Waals surface area contributed by atoms with E-state index >= 15 is 0 Å². The third kappa shape index (κ3) is 3.72. The van der Waals surface area contributed by atoms with Crippen molar-refractivity contribution in [3.63, 3.8) is 0 Å². The highest BCUT2D eigenvalue weighted by Crippen LogP contribution is 2.17. The molecule has 0 atom stereocenters. The lowest BCUT2D eigenvalue weighted by Crippen LogP contribution is -1.81. The van der Waals surface area contributed by atoms with Gasteiger partial charge in [0.05, 0.1) is 18.8 Å². The maximum atomic E-state index is 8.89. The van der Waals surface area contributed by atoms with Crippen LogP contribution in [0.15, 0.2) is 83.2 Å². The first kappa shape index (κ1) is 12.9. The summed E-state index contributed by atoms with van der Waals surface area (Å²) in [4.78, 5) is 0. The van der Waals surface area contributed by atoms with Gasteiger partial charge in [-0.1, -0.05) is 36.5 Å². The quantitative estimate of drug-likeness (QED) is 0.743. The van der Waals surface area contributed by atoms with Crippen molar-refractivity contribution in [2.75, 3.05) is 7.11 Å². The lowest BCUT2D eigenvalue weighted by molar-refractivity contribution is 0.308. The van der Waals surface area contributed by atoms with Crippen molar-refractivity contribution in [3.8, 4) is 6.07 Å². The minimum atomic E-state index is 0.664. The minimum Gasteiger partial charge on any atom is -0.497 e. The maximum Gasteiger partial charge on any atom is 0.119 e. The molecule has 0 aromatic heterocycles. The van der Waals surface area contributed by atoms with Gasteiger partial charge in [0, 0.05) is 0 Å². The highest BCUT2D eigenvalue weighted by atomic mass is 16.5. The fourth-order valence-corrected chi connectivity index (χ4v) is 1.77. The second kappa shape index (κ2) is 6.42. The van der Waals surface area contributed by atoms with Gasteiger partial charge in [0.15, 0.2) is 0 Å². The topological polar surface area (TPSA) is 33.0 Å². The molecule has 0 heterocycles. The van der Waals surface area contributed by atoms with Gasteiger partial charge in [-0.3, -0.25) is 0 Å². The van der Waals surface area contributed by atoms with Crippen molar-refractivity contribution in [1.82, 2.24) is 0 Å². The summed E-state index contributed by atoms with van der Waals surface area (Å²) in [7, 11) is 1.66. The van der Waals surface area contributed by atoms with Crippen molar-refractivity contribution in [1.29, 1.82) is 5.26 Å². The molecule has 0 amide bonds. The zero-order valence-corrected chi connectivity index (χ0v) is 10.8. The summed E-state index contributed by atoms with van der Waals surface area (Å²) in [5.74, 6) is 0.868. The summed E-state index contributed by atoms with van der Waals surface area (Å²) >= 11 is 0. The molecule has 19 heavy (non-hydrogen) atoms. The largest absolute Gasteiger partial charge is 0.497 e. The van der Waals surface area contributed by atoms with Gasteiger partial charge >= 0.3 is 0 Å². The molecule has 0 bridgehead atoms. The Bertz CT molecular complexity index is 602. The summed E-state index contributed by atoms with van der Waals surface area (Å²) in [5, 5.41) is 8.89. The average molecular weight is 249 g/mol. The highest BCUT2D eigenvalue weighted by molar-refractivity contribution is 5.47. The number of hydrogen-bond acceptors (Lipinski definition) is 2. The smallest absolute Gasteiger partial charge is 0.119 e. The van der Waals surface area contributed by atoms with Crippen LogP contribution in [0.25, 0.3) is 0 Å². The zero-order chi connectivity index (χ0) is 13.5. The fraction of sp³-hybridized carbons (Fsp3) is 0.118. The van der Waals surface area contributed by atoms with E-state index in [9.17, 15) is 0 Å². The summed E-state index contributed by atoms with van der Waals surface area (Å²) < 4.78 is 5.14. The van der Waals surface area contributed by atoms with E-state index < -0.39 is 0 Å². The Morgan fingerprint density at radius 1 is 1.21 bits per heavy atom. The third-order valence-corrected chi connectivity index (χ3v) is 2.85. The fourth-order valence-electron chi connectivity index (χ4n) is 1.77. The number of hydrogen-bond donors (Lipinski definition) is 0. The van der Waals surface area contributed by atoms with Crippen LogP contribution >= 0.6 is 0 Å². The SMILES string of the molecule is COC1=C\C(=C/C=C2\C=C/C(C#N)=C\C=C/C2)C=C1. The van der Waals surface area contributed by atoms with Crippen molar-refractivity contribution >= 4 is 0 Å². The van der Waals surface area contributed by atoms with Gasteiger partial charge in [-0.05, 0) is 41.9 Å². The van der Waals surface area contributed by atoms with Crippen LogP contribution in [0.1, 0.15) is 6.42 Å². The Labute approximate surface area is 113 Å². The van der Waals surface area contributed by atoms with Crippen LogP contribution in [-0.2, 0) is 4.74 Å². The van der Waals surface area contributed by atoms with Gasteiger partial charge in [0.25, 0.3) is 0 Å². The number of allylic oxidation sites excluding steroid dienone is 13. The molecule has 2 aliphatic carbocycles. The lowest BCUT2D eigenvalue weighted by Gasteiger charge is -1.99. The highest BCUT2D eigenvalue weighted by Gasteiger charge is 2.00. The third-order valence-electron chi connectivity index (χ3n) is 2.85. The lowest BCUT2D eigenvalue weighted by atomic mass is 10.1. The Balaban J connectivity index is 2.15. The Morgan fingerprint density at radius 3 is 2.84 bits per heavy atom. The molecular weight excluding hydrogens is 234 g/mol. The molecule has 0 radical (unpaired) electrons. The monoisotopic (exact) mass is 249 g/mol. The number of rotatable bonds is 2. The molecule has 0 aliphatic heterocycles. The van der Waals surface area contributed by atoms with Gasteiger partial charge in [-0.2, -0.15) is 5.26 Å². The van der Waals surface area contributed by atoms with Crippen molar-refractivity contribution in [2.45, 2.75) is 6.42 Å². The summed E-state index contributed by atoms with van der Waals surface area (Å²) in [6.07, 6.45) is 20.5. The van der Waals surface area contributed by atoms with Crippen LogP contribution in [0.5, 0.6) is 0 Å². The van der Waals surface area contributed by atoms with Gasteiger partial charge < -0.3 is 4.74 Å². The minimum absolute atomic E-state index is 0.664. The Morgan fingerprint density at radius 2 is 2.11 bits per heavy atom. The van der Waals surface area contributed by atoms with E-state index in [-0.39, 0.29) is 0 Å². The maximum absolute atomic E-state index is 8.89. The van der Waals surface area contributed by atoms with E-state index in [1.165, 1.54) is 0 Å². The van der Waals surface area contributed by atoms with Gasteiger partial charge in [0.2, 0.25) is 0 Å². The second-order valence-corrected chi connectivity index (χ2v) is 4.19. The molecule has 0 saturated heterocycles. The normalized spacial score (nSPS) is 28.0. The summed E-state index contributed by atoms with van der Waals surface area (Å²) in [6, 6.07) is 2.15. The van der Waals surface area contributed by atoms with Crippen molar-refractivity contribution in [3.05, 3.63) is 83.2 Å². The number of methoxy groups -OCH3 is 1. The molecule has 2 nitrogen and oxygen atoms in total. The molecule has 0 aromatic carbocycles. The molecule has 0 spiro atoms. The zero-order valence-electron chi connectivity index (χ0n) is 10.8. The molecule has 2 rings (SSSR count). The number of nitriles is 1.